The predicted molar refractivity (Wildman–Crippen MR) is 99.2 cm³/mol. The third-order valence-electron chi connectivity index (χ3n) is 3.12. The van der Waals surface area contributed by atoms with Gasteiger partial charge in [-0.1, -0.05) is 0 Å². The van der Waals surface area contributed by atoms with Crippen LogP contribution in [0.3, 0.4) is 0 Å². The van der Waals surface area contributed by atoms with Crippen LogP contribution in [0.25, 0.3) is 10.9 Å². The summed E-state index contributed by atoms with van der Waals surface area (Å²) in [4.78, 5) is 14.3. The number of carbonyl (C=O) groups excluding carboxylic acids is 1. The first-order valence-electron chi connectivity index (χ1n) is 7.61. The number of aliphatic hydroxyl groups excluding tert-OH is 1. The number of aliphatic hydroxyl groups is 1. The number of rotatable bonds is 10. The lowest BCUT2D eigenvalue weighted by molar-refractivity contribution is -0.131. The molecule has 0 aliphatic rings. The molecule has 2 aromatic rings. The zero-order chi connectivity index (χ0) is 18.2. The summed E-state index contributed by atoms with van der Waals surface area (Å²) in [5.41, 5.74) is 0.805. The van der Waals surface area contributed by atoms with E-state index in [-0.39, 0.29) is 6.61 Å². The largest absolute Gasteiger partial charge is 0.489 e. The van der Waals surface area contributed by atoms with Gasteiger partial charge in [-0.2, -0.15) is 0 Å². The van der Waals surface area contributed by atoms with Gasteiger partial charge < -0.3 is 29.0 Å². The maximum Gasteiger partial charge on any atom is 0.308 e. The number of nitrogens with one attached hydrogen (secondary N) is 1. The smallest absolute Gasteiger partial charge is 0.308 e. The van der Waals surface area contributed by atoms with Crippen molar-refractivity contribution >= 4 is 48.7 Å². The number of H-pyrrole nitrogens is 1. The van der Waals surface area contributed by atoms with E-state index < -0.39 is 5.97 Å². The number of ether oxygens (including phenoxy) is 4. The minimum absolute atomic E-state index is 0.00211. The molecule has 1 heterocycles. The summed E-state index contributed by atoms with van der Waals surface area (Å²) in [6, 6.07) is 1.85. The molecule has 0 fully saturated rings. The molecular formula is C16H19Br2NO6. The molecule has 138 valence electrons. The zero-order valence-corrected chi connectivity index (χ0v) is 16.8. The first-order valence-corrected chi connectivity index (χ1v) is 9.19. The van der Waals surface area contributed by atoms with Crippen molar-refractivity contribution in [3.63, 3.8) is 0 Å². The molecule has 0 radical (unpaired) electrons. The van der Waals surface area contributed by atoms with E-state index in [0.717, 1.165) is 15.4 Å². The van der Waals surface area contributed by atoms with Gasteiger partial charge in [0.25, 0.3) is 0 Å². The van der Waals surface area contributed by atoms with Crippen molar-refractivity contribution in [1.82, 2.24) is 4.98 Å². The minimum atomic E-state index is -0.394. The Hall–Kier alpha value is -1.13. The molecule has 1 aromatic heterocycles. The summed E-state index contributed by atoms with van der Waals surface area (Å²) in [6.07, 6.45) is 1.63. The molecule has 0 bridgehead atoms. The van der Waals surface area contributed by atoms with Gasteiger partial charge in [-0.25, -0.2) is 0 Å². The Morgan fingerprint density at radius 3 is 2.52 bits per heavy atom. The number of esters is 1. The van der Waals surface area contributed by atoms with E-state index in [4.69, 9.17) is 24.1 Å². The molecule has 0 aliphatic heterocycles. The highest BCUT2D eigenvalue weighted by Gasteiger charge is 2.17. The van der Waals surface area contributed by atoms with Crippen LogP contribution in [-0.4, -0.2) is 55.7 Å². The van der Waals surface area contributed by atoms with E-state index in [1.165, 1.54) is 6.92 Å². The van der Waals surface area contributed by atoms with E-state index in [1.54, 1.807) is 6.20 Å². The van der Waals surface area contributed by atoms with Crippen LogP contribution in [-0.2, 0) is 14.3 Å². The normalized spacial score (nSPS) is 11.0. The summed E-state index contributed by atoms with van der Waals surface area (Å²) in [6.45, 7) is 3.25. The third-order valence-corrected chi connectivity index (χ3v) is 4.46. The summed E-state index contributed by atoms with van der Waals surface area (Å²) in [5, 5.41) is 9.32. The molecule has 2 N–H and O–H groups in total. The average molecular weight is 481 g/mol. The molecule has 1 aromatic carbocycles. The summed E-state index contributed by atoms with van der Waals surface area (Å²) < 4.78 is 22.9. The summed E-state index contributed by atoms with van der Waals surface area (Å²) in [5.74, 6) is 0.639. The highest BCUT2D eigenvalue weighted by Crippen LogP contribution is 2.43. The number of hydrogen-bond donors (Lipinski definition) is 2. The van der Waals surface area contributed by atoms with Crippen LogP contribution >= 0.6 is 31.9 Å². The van der Waals surface area contributed by atoms with Gasteiger partial charge in [0.05, 0.1) is 52.9 Å². The topological polar surface area (TPSA) is 90.0 Å². The Morgan fingerprint density at radius 2 is 1.84 bits per heavy atom. The number of hydrogen-bond acceptors (Lipinski definition) is 6. The lowest BCUT2D eigenvalue weighted by Crippen LogP contribution is -2.12. The quantitative estimate of drug-likeness (QED) is 0.401. The molecule has 9 heteroatoms. The van der Waals surface area contributed by atoms with Crippen molar-refractivity contribution in [1.29, 1.82) is 0 Å². The second-order valence-electron chi connectivity index (χ2n) is 4.97. The molecule has 0 atom stereocenters. The van der Waals surface area contributed by atoms with Crippen molar-refractivity contribution in [2.24, 2.45) is 0 Å². The molecule has 0 saturated heterocycles. The number of carbonyl (C=O) groups is 1. The molecule has 0 spiro atoms. The monoisotopic (exact) mass is 479 g/mol. The number of halogens is 2. The van der Waals surface area contributed by atoms with Gasteiger partial charge in [-0.3, -0.25) is 4.79 Å². The molecule has 25 heavy (non-hydrogen) atoms. The number of aromatic nitrogens is 1. The van der Waals surface area contributed by atoms with Crippen LogP contribution in [0.15, 0.2) is 21.2 Å². The number of benzene rings is 1. The second kappa shape index (κ2) is 10.1. The average Bonchev–Trinajstić information content (AvgIpc) is 2.94. The maximum absolute atomic E-state index is 11.2. The van der Waals surface area contributed by atoms with Crippen molar-refractivity contribution in [3.8, 4) is 11.5 Å². The Morgan fingerprint density at radius 1 is 1.16 bits per heavy atom. The molecular weight excluding hydrogens is 462 g/mol. The standard InChI is InChI=1S/C16H19Br2NO6/c1-10(21)25-13-9-19-12-8-11(17)16(15(18)14(12)13)24-7-6-23-5-4-22-3-2-20/h8-9,19-20H,2-7H2,1H3. The lowest BCUT2D eigenvalue weighted by atomic mass is 10.2. The van der Waals surface area contributed by atoms with E-state index in [9.17, 15) is 4.79 Å². The van der Waals surface area contributed by atoms with Gasteiger partial charge in [0, 0.05) is 13.1 Å². The van der Waals surface area contributed by atoms with Crippen LogP contribution in [0, 0.1) is 0 Å². The zero-order valence-electron chi connectivity index (χ0n) is 13.6. The van der Waals surface area contributed by atoms with Crippen molar-refractivity contribution in [3.05, 3.63) is 21.2 Å². The highest BCUT2D eigenvalue weighted by atomic mass is 79.9. The van der Waals surface area contributed by atoms with Gasteiger partial charge >= 0.3 is 5.97 Å². The third kappa shape index (κ3) is 5.68. The molecule has 0 aliphatic carbocycles. The summed E-state index contributed by atoms with van der Waals surface area (Å²) >= 11 is 6.99. The van der Waals surface area contributed by atoms with Crippen LogP contribution in [0.5, 0.6) is 11.5 Å². The van der Waals surface area contributed by atoms with E-state index >= 15 is 0 Å². The predicted octanol–water partition coefficient (Wildman–Crippen LogP) is 3.02. The van der Waals surface area contributed by atoms with Gasteiger partial charge in [-0.05, 0) is 37.9 Å². The van der Waals surface area contributed by atoms with Crippen LogP contribution in [0.4, 0.5) is 0 Å². The summed E-state index contributed by atoms with van der Waals surface area (Å²) in [7, 11) is 0. The Kier molecular flexibility index (Phi) is 8.17. The lowest BCUT2D eigenvalue weighted by Gasteiger charge is -2.12. The number of fused-ring (bicyclic) bond motifs is 1. The van der Waals surface area contributed by atoms with Crippen LogP contribution in [0.1, 0.15) is 6.92 Å². The molecule has 0 unspecified atom stereocenters. The Bertz CT molecular complexity index is 718. The van der Waals surface area contributed by atoms with Crippen LogP contribution < -0.4 is 9.47 Å². The van der Waals surface area contributed by atoms with Crippen molar-refractivity contribution < 1.29 is 28.8 Å². The fourth-order valence-electron chi connectivity index (χ4n) is 2.13. The van der Waals surface area contributed by atoms with E-state index in [1.807, 2.05) is 6.07 Å². The Labute approximate surface area is 161 Å². The first kappa shape index (κ1) is 20.2. The Balaban J connectivity index is 1.97. The SMILES string of the molecule is CC(=O)Oc1c[nH]c2cc(Br)c(OCCOCCOCCO)c(Br)c12. The fourth-order valence-corrected chi connectivity index (χ4v) is 3.67. The van der Waals surface area contributed by atoms with Crippen LogP contribution in [0.2, 0.25) is 0 Å². The molecule has 2 rings (SSSR count). The fraction of sp³-hybridized carbons (Fsp3) is 0.438. The van der Waals surface area contributed by atoms with Gasteiger partial charge in [-0.15, -0.1) is 0 Å². The van der Waals surface area contributed by atoms with E-state index in [0.29, 0.717) is 49.0 Å². The molecule has 0 saturated carbocycles. The molecule has 0 amide bonds. The van der Waals surface area contributed by atoms with Crippen molar-refractivity contribution in [2.75, 3.05) is 39.6 Å². The first-order chi connectivity index (χ1) is 12.0. The van der Waals surface area contributed by atoms with Gasteiger partial charge in [0.1, 0.15) is 12.4 Å². The molecule has 7 nitrogen and oxygen atoms in total. The van der Waals surface area contributed by atoms with Crippen molar-refractivity contribution in [2.45, 2.75) is 6.92 Å². The second-order valence-corrected chi connectivity index (χ2v) is 6.61. The van der Waals surface area contributed by atoms with Gasteiger partial charge in [0.2, 0.25) is 0 Å². The highest BCUT2D eigenvalue weighted by molar-refractivity contribution is 9.11. The number of aromatic amines is 1. The van der Waals surface area contributed by atoms with Gasteiger partial charge in [0.15, 0.2) is 5.75 Å². The minimum Gasteiger partial charge on any atom is -0.489 e. The van der Waals surface area contributed by atoms with E-state index in [2.05, 4.69) is 36.8 Å². The maximum atomic E-state index is 11.2.